The van der Waals surface area contributed by atoms with Crippen molar-refractivity contribution < 1.29 is 0 Å². The summed E-state index contributed by atoms with van der Waals surface area (Å²) in [5, 5.41) is 14.3. The van der Waals surface area contributed by atoms with Crippen LogP contribution in [0.25, 0.3) is 0 Å². The molecule has 0 saturated carbocycles. The molecule has 0 bridgehead atoms. The molecule has 1 aromatic heterocycles. The van der Waals surface area contributed by atoms with Crippen LogP contribution in [0.1, 0.15) is 83.9 Å². The molecule has 1 heterocycles. The van der Waals surface area contributed by atoms with Gasteiger partial charge in [-0.15, -0.1) is 5.10 Å². The molecule has 4 nitrogen and oxygen atoms in total. The van der Waals surface area contributed by atoms with Crippen molar-refractivity contribution in [3.63, 3.8) is 0 Å². The molecule has 1 rings (SSSR count). The number of hydrogen-bond acceptors (Lipinski definition) is 3. The lowest BCUT2D eigenvalue weighted by Crippen LogP contribution is -2.07. The Morgan fingerprint density at radius 1 is 0.895 bits per heavy atom. The topological polar surface area (TPSA) is 54.5 Å². The molecule has 0 unspecified atom stereocenters. The van der Waals surface area contributed by atoms with Crippen molar-refractivity contribution in [3.05, 3.63) is 5.82 Å². The molecule has 0 spiro atoms. The van der Waals surface area contributed by atoms with Crippen molar-refractivity contribution in [1.29, 1.82) is 0 Å². The quantitative estimate of drug-likeness (QED) is 0.574. The molecule has 0 aliphatic carbocycles. The van der Waals surface area contributed by atoms with E-state index in [9.17, 15) is 0 Å². The van der Waals surface area contributed by atoms with Gasteiger partial charge in [-0.05, 0) is 16.3 Å². The number of rotatable bonds is 12. The largest absolute Gasteiger partial charge is 0.243 e. The molecule has 4 heteroatoms. The van der Waals surface area contributed by atoms with Crippen LogP contribution < -0.4 is 0 Å². The highest BCUT2D eigenvalue weighted by Crippen LogP contribution is 2.21. The number of tetrazole rings is 1. The third-order valence-corrected chi connectivity index (χ3v) is 3.80. The second kappa shape index (κ2) is 10.9. The zero-order chi connectivity index (χ0) is 13.8. The Kier molecular flexibility index (Phi) is 9.29. The van der Waals surface area contributed by atoms with Crippen LogP contribution in [0.5, 0.6) is 0 Å². The van der Waals surface area contributed by atoms with Crippen LogP contribution in [0, 0.1) is 5.92 Å². The Balaban J connectivity index is 2.25. The number of unbranched alkanes of at least 4 members (excludes halogenated alkanes) is 6. The first-order chi connectivity index (χ1) is 9.36. The molecule has 1 aromatic rings. The number of hydrogen-bond donors (Lipinski definition) is 1. The van der Waals surface area contributed by atoms with E-state index in [2.05, 4.69) is 34.5 Å². The monoisotopic (exact) mass is 266 g/mol. The summed E-state index contributed by atoms with van der Waals surface area (Å²) in [4.78, 5) is 0. The predicted octanol–water partition coefficient (Wildman–Crippen LogP) is 4.30. The molecule has 1 N–H and O–H groups in total. The lowest BCUT2D eigenvalue weighted by Gasteiger charge is -2.15. The molecule has 0 aromatic carbocycles. The van der Waals surface area contributed by atoms with Gasteiger partial charge in [-0.2, -0.15) is 0 Å². The maximum atomic E-state index is 4.03. The summed E-state index contributed by atoms with van der Waals surface area (Å²) in [7, 11) is 0. The molecular weight excluding hydrogens is 236 g/mol. The lowest BCUT2D eigenvalue weighted by molar-refractivity contribution is 0.397. The standard InChI is InChI=1S/C15H30N4/c1-3-5-7-9-11-14(12-10-8-6-4-2)13-15-16-18-19-17-15/h14H,3-13H2,1-2H3,(H,16,17,18,19). The van der Waals surface area contributed by atoms with E-state index in [1.54, 1.807) is 0 Å². The molecule has 0 atom stereocenters. The van der Waals surface area contributed by atoms with E-state index in [1.165, 1.54) is 64.2 Å². The van der Waals surface area contributed by atoms with E-state index < -0.39 is 0 Å². The Bertz CT molecular complexity index is 272. The summed E-state index contributed by atoms with van der Waals surface area (Å²) in [6, 6.07) is 0. The van der Waals surface area contributed by atoms with E-state index in [-0.39, 0.29) is 0 Å². The fourth-order valence-electron chi connectivity index (χ4n) is 2.61. The number of aromatic amines is 1. The summed E-state index contributed by atoms with van der Waals surface area (Å²) < 4.78 is 0. The van der Waals surface area contributed by atoms with Gasteiger partial charge in [0.1, 0.15) is 5.82 Å². The first-order valence-corrected chi connectivity index (χ1v) is 8.09. The minimum atomic E-state index is 0.753. The van der Waals surface area contributed by atoms with Gasteiger partial charge >= 0.3 is 0 Å². The number of aromatic nitrogens is 4. The van der Waals surface area contributed by atoms with Crippen molar-refractivity contribution in [2.24, 2.45) is 5.92 Å². The first kappa shape index (κ1) is 16.1. The maximum absolute atomic E-state index is 4.03. The Labute approximate surface area is 117 Å². The second-order valence-corrected chi connectivity index (χ2v) is 5.62. The summed E-state index contributed by atoms with van der Waals surface area (Å²) in [5.74, 6) is 1.71. The van der Waals surface area contributed by atoms with Gasteiger partial charge in [0.25, 0.3) is 0 Å². The molecule has 0 amide bonds. The average molecular weight is 266 g/mol. The SMILES string of the molecule is CCCCCCC(CCCCCC)Cc1nnn[nH]1. The van der Waals surface area contributed by atoms with Crippen molar-refractivity contribution in [3.8, 4) is 0 Å². The maximum Gasteiger partial charge on any atom is 0.148 e. The first-order valence-electron chi connectivity index (χ1n) is 8.09. The average Bonchev–Trinajstić information content (AvgIpc) is 2.92. The van der Waals surface area contributed by atoms with Gasteiger partial charge in [0.2, 0.25) is 0 Å². The van der Waals surface area contributed by atoms with Crippen molar-refractivity contribution in [2.45, 2.75) is 84.5 Å². The zero-order valence-electron chi connectivity index (χ0n) is 12.7. The molecule has 0 fully saturated rings. The van der Waals surface area contributed by atoms with Crippen LogP contribution in [0.3, 0.4) is 0 Å². The van der Waals surface area contributed by atoms with Crippen LogP contribution in [0.15, 0.2) is 0 Å². The second-order valence-electron chi connectivity index (χ2n) is 5.62. The van der Waals surface area contributed by atoms with Crippen LogP contribution >= 0.6 is 0 Å². The van der Waals surface area contributed by atoms with Gasteiger partial charge in [0, 0.05) is 6.42 Å². The van der Waals surface area contributed by atoms with Crippen molar-refractivity contribution in [2.75, 3.05) is 0 Å². The Morgan fingerprint density at radius 3 is 2.00 bits per heavy atom. The highest BCUT2D eigenvalue weighted by molar-refractivity contribution is 4.80. The van der Waals surface area contributed by atoms with E-state index in [0.717, 1.165) is 18.2 Å². The minimum Gasteiger partial charge on any atom is -0.243 e. The van der Waals surface area contributed by atoms with Gasteiger partial charge in [-0.25, -0.2) is 5.10 Å². The summed E-state index contributed by atoms with van der Waals surface area (Å²) >= 11 is 0. The molecule has 0 saturated heterocycles. The fraction of sp³-hybridized carbons (Fsp3) is 0.933. The molecule has 0 aliphatic heterocycles. The van der Waals surface area contributed by atoms with Crippen LogP contribution in [-0.4, -0.2) is 20.6 Å². The highest BCUT2D eigenvalue weighted by Gasteiger charge is 2.11. The van der Waals surface area contributed by atoms with Crippen LogP contribution in [-0.2, 0) is 6.42 Å². The van der Waals surface area contributed by atoms with Crippen LogP contribution in [0.2, 0.25) is 0 Å². The highest BCUT2D eigenvalue weighted by atomic mass is 15.5. The summed E-state index contributed by atoms with van der Waals surface area (Å²) in [5.41, 5.74) is 0. The van der Waals surface area contributed by atoms with E-state index >= 15 is 0 Å². The number of nitrogens with zero attached hydrogens (tertiary/aromatic N) is 3. The molecule has 19 heavy (non-hydrogen) atoms. The van der Waals surface area contributed by atoms with Gasteiger partial charge in [0.15, 0.2) is 0 Å². The molecule has 110 valence electrons. The third kappa shape index (κ3) is 7.96. The van der Waals surface area contributed by atoms with Gasteiger partial charge in [-0.3, -0.25) is 0 Å². The Hall–Kier alpha value is -0.930. The number of nitrogens with one attached hydrogen (secondary N) is 1. The molecule has 0 radical (unpaired) electrons. The lowest BCUT2D eigenvalue weighted by atomic mass is 9.91. The van der Waals surface area contributed by atoms with E-state index in [4.69, 9.17) is 0 Å². The third-order valence-electron chi connectivity index (χ3n) is 3.80. The Morgan fingerprint density at radius 2 is 1.53 bits per heavy atom. The van der Waals surface area contributed by atoms with Crippen molar-refractivity contribution >= 4 is 0 Å². The van der Waals surface area contributed by atoms with Gasteiger partial charge in [-0.1, -0.05) is 78.1 Å². The molecule has 0 aliphatic rings. The predicted molar refractivity (Wildman–Crippen MR) is 78.9 cm³/mol. The number of H-pyrrole nitrogens is 1. The summed E-state index contributed by atoms with van der Waals surface area (Å²) in [6.45, 7) is 4.53. The molecular formula is C15H30N4. The smallest absolute Gasteiger partial charge is 0.148 e. The normalized spacial score (nSPS) is 11.3. The minimum absolute atomic E-state index is 0.753. The summed E-state index contributed by atoms with van der Waals surface area (Å²) in [6.07, 6.45) is 14.5. The zero-order valence-corrected chi connectivity index (χ0v) is 12.7. The van der Waals surface area contributed by atoms with Gasteiger partial charge in [0.05, 0.1) is 0 Å². The van der Waals surface area contributed by atoms with E-state index in [0.29, 0.717) is 0 Å². The van der Waals surface area contributed by atoms with Gasteiger partial charge < -0.3 is 0 Å². The van der Waals surface area contributed by atoms with E-state index in [1.807, 2.05) is 0 Å². The fourth-order valence-corrected chi connectivity index (χ4v) is 2.61. The van der Waals surface area contributed by atoms with Crippen LogP contribution in [0.4, 0.5) is 0 Å². The van der Waals surface area contributed by atoms with Crippen molar-refractivity contribution in [1.82, 2.24) is 20.6 Å².